The maximum atomic E-state index is 13.4. The van der Waals surface area contributed by atoms with E-state index in [1.165, 1.54) is 4.90 Å². The summed E-state index contributed by atoms with van der Waals surface area (Å²) < 4.78 is 1.88. The molecule has 0 saturated carbocycles. The lowest BCUT2D eigenvalue weighted by molar-refractivity contribution is -0.132. The molecule has 1 aromatic carbocycles. The minimum absolute atomic E-state index is 0.160. The van der Waals surface area contributed by atoms with Crippen molar-refractivity contribution in [2.45, 2.75) is 38.3 Å². The number of hydrogen-bond acceptors (Lipinski definition) is 3. The first-order valence-corrected chi connectivity index (χ1v) is 9.26. The number of rotatable bonds is 6. The highest BCUT2D eigenvalue weighted by Gasteiger charge is 2.51. The van der Waals surface area contributed by atoms with E-state index in [9.17, 15) is 9.59 Å². The summed E-state index contributed by atoms with van der Waals surface area (Å²) in [5.74, 6) is -0.204. The van der Waals surface area contributed by atoms with Crippen LogP contribution in [0.5, 0.6) is 0 Å². The average molecular weight is 362 g/mol. The summed E-state index contributed by atoms with van der Waals surface area (Å²) in [4.78, 5) is 31.9. The number of fused-ring (bicyclic) bond motifs is 1. The average Bonchev–Trinajstić information content (AvgIpc) is 3.21. The number of unbranched alkanes of at least 4 members (excludes halogenated alkanes) is 1. The number of nitrogens with zero attached hydrogens (tertiary/aromatic N) is 3. The third kappa shape index (κ3) is 2.97. The van der Waals surface area contributed by atoms with Crippen LogP contribution in [0.25, 0.3) is 5.65 Å². The molecule has 0 bridgehead atoms. The van der Waals surface area contributed by atoms with Gasteiger partial charge < -0.3 is 9.72 Å². The molecule has 0 aliphatic carbocycles. The second kappa shape index (κ2) is 6.87. The van der Waals surface area contributed by atoms with Gasteiger partial charge in [0.25, 0.3) is 5.91 Å². The van der Waals surface area contributed by atoms with Crippen LogP contribution < -0.4 is 5.32 Å². The zero-order chi connectivity index (χ0) is 18.9. The predicted molar refractivity (Wildman–Crippen MR) is 102 cm³/mol. The molecule has 6 heteroatoms. The van der Waals surface area contributed by atoms with Crippen LogP contribution in [0.4, 0.5) is 4.79 Å². The summed E-state index contributed by atoms with van der Waals surface area (Å²) in [6.07, 6.45) is 6.13. The van der Waals surface area contributed by atoms with Crippen LogP contribution >= 0.6 is 0 Å². The lowest BCUT2D eigenvalue weighted by atomic mass is 9.85. The molecular weight excluding hydrogens is 340 g/mol. The molecule has 1 atom stereocenters. The fourth-order valence-corrected chi connectivity index (χ4v) is 3.67. The van der Waals surface area contributed by atoms with Gasteiger partial charge in [-0.1, -0.05) is 56.2 Å². The van der Waals surface area contributed by atoms with Crippen molar-refractivity contribution >= 4 is 17.6 Å². The van der Waals surface area contributed by atoms with Crippen molar-refractivity contribution in [1.82, 2.24) is 19.6 Å². The number of amides is 3. The number of aromatic nitrogens is 2. The molecule has 1 aliphatic rings. The van der Waals surface area contributed by atoms with Crippen molar-refractivity contribution in [3.05, 3.63) is 72.2 Å². The molecule has 0 spiro atoms. The highest BCUT2D eigenvalue weighted by atomic mass is 16.2. The molecule has 1 unspecified atom stereocenters. The Kier molecular flexibility index (Phi) is 4.39. The van der Waals surface area contributed by atoms with E-state index in [0.29, 0.717) is 12.1 Å². The van der Waals surface area contributed by atoms with Crippen molar-refractivity contribution in [3.8, 4) is 0 Å². The quantitative estimate of drug-likeness (QED) is 0.683. The van der Waals surface area contributed by atoms with E-state index in [0.717, 1.165) is 24.1 Å². The molecule has 27 heavy (non-hydrogen) atoms. The topological polar surface area (TPSA) is 66.7 Å². The molecule has 2 aromatic heterocycles. The molecule has 3 heterocycles. The zero-order valence-corrected chi connectivity index (χ0v) is 15.3. The number of carbonyl (C=O) groups is 2. The van der Waals surface area contributed by atoms with Gasteiger partial charge in [0.2, 0.25) is 0 Å². The molecule has 4 rings (SSSR count). The third-order valence-corrected chi connectivity index (χ3v) is 5.08. The third-order valence-electron chi connectivity index (χ3n) is 5.08. The number of pyridine rings is 1. The highest BCUT2D eigenvalue weighted by molar-refractivity contribution is 6.07. The normalized spacial score (nSPS) is 19.7. The minimum atomic E-state index is -0.993. The Morgan fingerprint density at radius 2 is 1.85 bits per heavy atom. The maximum Gasteiger partial charge on any atom is 0.325 e. The summed E-state index contributed by atoms with van der Waals surface area (Å²) >= 11 is 0. The van der Waals surface area contributed by atoms with Gasteiger partial charge >= 0.3 is 6.03 Å². The summed E-state index contributed by atoms with van der Waals surface area (Å²) in [5.41, 5.74) is 1.31. The Hall–Kier alpha value is -3.15. The molecule has 3 aromatic rings. The second-order valence-electron chi connectivity index (χ2n) is 6.89. The Bertz CT molecular complexity index is 949. The van der Waals surface area contributed by atoms with E-state index >= 15 is 0 Å². The van der Waals surface area contributed by atoms with Gasteiger partial charge in [0.1, 0.15) is 11.2 Å². The summed E-state index contributed by atoms with van der Waals surface area (Å²) in [6, 6.07) is 14.9. The van der Waals surface area contributed by atoms with Crippen LogP contribution in [0.15, 0.2) is 60.9 Å². The monoisotopic (exact) mass is 362 g/mol. The lowest BCUT2D eigenvalue weighted by Gasteiger charge is -2.27. The Labute approximate surface area is 157 Å². The van der Waals surface area contributed by atoms with E-state index in [1.54, 1.807) is 0 Å². The second-order valence-corrected chi connectivity index (χ2v) is 6.89. The van der Waals surface area contributed by atoms with E-state index < -0.39 is 5.54 Å². The number of hydrogen-bond donors (Lipinski definition) is 1. The molecule has 6 nitrogen and oxygen atoms in total. The van der Waals surface area contributed by atoms with Gasteiger partial charge in [0, 0.05) is 12.4 Å². The molecule has 1 aliphatic heterocycles. The zero-order valence-electron chi connectivity index (χ0n) is 15.3. The number of imide groups is 1. The summed E-state index contributed by atoms with van der Waals surface area (Å²) in [7, 11) is 0. The maximum absolute atomic E-state index is 13.4. The first kappa shape index (κ1) is 17.3. The van der Waals surface area contributed by atoms with Gasteiger partial charge in [-0.15, -0.1) is 0 Å². The fourth-order valence-electron chi connectivity index (χ4n) is 3.67. The number of carbonyl (C=O) groups excluding carboxylic acids is 2. The summed E-state index contributed by atoms with van der Waals surface area (Å²) in [6.45, 7) is 2.24. The van der Waals surface area contributed by atoms with Crippen molar-refractivity contribution < 1.29 is 9.59 Å². The molecule has 1 fully saturated rings. The van der Waals surface area contributed by atoms with E-state index in [-0.39, 0.29) is 18.5 Å². The van der Waals surface area contributed by atoms with Gasteiger partial charge in [0.05, 0.1) is 12.2 Å². The highest BCUT2D eigenvalue weighted by Crippen LogP contribution is 2.34. The number of urea groups is 1. The van der Waals surface area contributed by atoms with Crippen LogP contribution in [-0.2, 0) is 16.9 Å². The molecule has 138 valence electrons. The van der Waals surface area contributed by atoms with Gasteiger partial charge in [-0.3, -0.25) is 9.69 Å². The first-order chi connectivity index (χ1) is 13.1. The van der Waals surface area contributed by atoms with Gasteiger partial charge in [-0.25, -0.2) is 9.78 Å². The SMILES string of the molecule is CCCCC1(c2ccccc2)NC(=O)N(Cc2cn3ccccc3n2)C1=O. The van der Waals surface area contributed by atoms with Crippen LogP contribution in [0.2, 0.25) is 0 Å². The van der Waals surface area contributed by atoms with Crippen LogP contribution in [0.3, 0.4) is 0 Å². The minimum Gasteiger partial charge on any atom is -0.319 e. The van der Waals surface area contributed by atoms with Crippen molar-refractivity contribution in [3.63, 3.8) is 0 Å². The van der Waals surface area contributed by atoms with Crippen LogP contribution in [0.1, 0.15) is 37.4 Å². The van der Waals surface area contributed by atoms with Crippen LogP contribution in [0, 0.1) is 0 Å². The van der Waals surface area contributed by atoms with E-state index in [1.807, 2.05) is 65.3 Å². The Morgan fingerprint density at radius 1 is 1.07 bits per heavy atom. The molecular formula is C21H22N4O2. The van der Waals surface area contributed by atoms with Crippen LogP contribution in [-0.4, -0.2) is 26.2 Å². The number of nitrogens with one attached hydrogen (secondary N) is 1. The van der Waals surface area contributed by atoms with Crippen molar-refractivity contribution in [2.75, 3.05) is 0 Å². The van der Waals surface area contributed by atoms with Crippen molar-refractivity contribution in [1.29, 1.82) is 0 Å². The van der Waals surface area contributed by atoms with Gasteiger partial charge in [0.15, 0.2) is 0 Å². The van der Waals surface area contributed by atoms with Crippen molar-refractivity contribution in [2.24, 2.45) is 0 Å². The standard InChI is InChI=1S/C21H22N4O2/c1-2-3-12-21(16-9-5-4-6-10-16)19(26)25(20(27)23-21)15-17-14-24-13-8-7-11-18(24)22-17/h4-11,13-14H,2-3,12,15H2,1H3,(H,23,27). The number of imidazole rings is 1. The predicted octanol–water partition coefficient (Wildman–Crippen LogP) is 3.47. The fraction of sp³-hybridized carbons (Fsp3) is 0.286. The largest absolute Gasteiger partial charge is 0.325 e. The number of benzene rings is 1. The van der Waals surface area contributed by atoms with E-state index in [4.69, 9.17) is 0 Å². The van der Waals surface area contributed by atoms with Gasteiger partial charge in [-0.2, -0.15) is 0 Å². The molecule has 1 saturated heterocycles. The van der Waals surface area contributed by atoms with E-state index in [2.05, 4.69) is 17.2 Å². The lowest BCUT2D eigenvalue weighted by Crippen LogP contribution is -2.44. The first-order valence-electron chi connectivity index (χ1n) is 9.26. The smallest absolute Gasteiger partial charge is 0.319 e. The molecule has 1 N–H and O–H groups in total. The molecule has 0 radical (unpaired) electrons. The Balaban J connectivity index is 1.66. The molecule has 3 amide bonds. The summed E-state index contributed by atoms with van der Waals surface area (Å²) in [5, 5.41) is 2.98. The Morgan fingerprint density at radius 3 is 2.59 bits per heavy atom. The van der Waals surface area contributed by atoms with Gasteiger partial charge in [-0.05, 0) is 24.1 Å².